The Morgan fingerprint density at radius 2 is 1.58 bits per heavy atom. The van der Waals surface area contributed by atoms with Crippen LogP contribution in [0.3, 0.4) is 0 Å². The molecule has 9 nitrogen and oxygen atoms in total. The fourth-order valence-corrected chi connectivity index (χ4v) is 2.50. The van der Waals surface area contributed by atoms with E-state index in [1.165, 1.54) is 50.9 Å². The van der Waals surface area contributed by atoms with E-state index in [9.17, 15) is 10.1 Å². The fourth-order valence-electron chi connectivity index (χ4n) is 2.50. The molecule has 2 N–H and O–H groups in total. The molecule has 0 bridgehead atoms. The zero-order valence-electron chi connectivity index (χ0n) is 14.5. The van der Waals surface area contributed by atoms with Crippen molar-refractivity contribution in [2.24, 2.45) is 0 Å². The van der Waals surface area contributed by atoms with Crippen LogP contribution in [0.5, 0.6) is 5.75 Å². The first-order valence-corrected chi connectivity index (χ1v) is 8.46. The van der Waals surface area contributed by atoms with Crippen LogP contribution in [0.1, 0.15) is 32.1 Å². The molecule has 1 heterocycles. The van der Waals surface area contributed by atoms with Gasteiger partial charge in [0.25, 0.3) is 5.69 Å². The maximum absolute atomic E-state index is 10.5. The van der Waals surface area contributed by atoms with Gasteiger partial charge in [-0.1, -0.05) is 12.8 Å². The van der Waals surface area contributed by atoms with Crippen LogP contribution in [0.2, 0.25) is 0 Å². The van der Waals surface area contributed by atoms with E-state index in [4.69, 9.17) is 24.5 Å². The maximum atomic E-state index is 10.5. The van der Waals surface area contributed by atoms with Crippen LogP contribution in [0.25, 0.3) is 0 Å². The molecule has 144 valence electrons. The molecule has 26 heavy (non-hydrogen) atoms. The van der Waals surface area contributed by atoms with E-state index < -0.39 is 16.9 Å². The zero-order valence-corrected chi connectivity index (χ0v) is 14.5. The molecule has 1 aromatic carbocycles. The lowest BCUT2D eigenvalue weighted by atomic mass is 10.2. The van der Waals surface area contributed by atoms with Crippen LogP contribution in [-0.4, -0.2) is 58.2 Å². The molecule has 9 heteroatoms. The summed E-state index contributed by atoms with van der Waals surface area (Å²) in [6, 6.07) is 6.27. The van der Waals surface area contributed by atoms with Crippen molar-refractivity contribution in [3.63, 3.8) is 0 Å². The Labute approximate surface area is 151 Å². The number of hydrogen-bond donors (Lipinski definition) is 2. The normalized spacial score (nSPS) is 14.5. The summed E-state index contributed by atoms with van der Waals surface area (Å²) in [5, 5.41) is 25.3. The van der Waals surface area contributed by atoms with E-state index in [1.54, 1.807) is 12.1 Å². The summed E-state index contributed by atoms with van der Waals surface area (Å²) in [6.07, 6.45) is 6.33. The van der Waals surface area contributed by atoms with Gasteiger partial charge in [-0.3, -0.25) is 10.1 Å². The van der Waals surface area contributed by atoms with Gasteiger partial charge in [0.15, 0.2) is 0 Å². The topological polar surface area (TPSA) is 130 Å². The molecular formula is C17H24N2O7. The Kier molecular flexibility index (Phi) is 9.70. The van der Waals surface area contributed by atoms with Crippen molar-refractivity contribution >= 4 is 17.6 Å². The summed E-state index contributed by atoms with van der Waals surface area (Å²) < 4.78 is 5.61. The molecule has 1 aromatic rings. The second-order valence-electron chi connectivity index (χ2n) is 5.82. The predicted octanol–water partition coefficient (Wildman–Crippen LogP) is 2.40. The number of nitro benzene ring substituents is 1. The van der Waals surface area contributed by atoms with Gasteiger partial charge < -0.3 is 19.8 Å². The van der Waals surface area contributed by atoms with E-state index in [-0.39, 0.29) is 5.69 Å². The first kappa shape index (κ1) is 21.4. The van der Waals surface area contributed by atoms with Crippen molar-refractivity contribution in [1.82, 2.24) is 4.90 Å². The molecule has 0 saturated carbocycles. The van der Waals surface area contributed by atoms with Gasteiger partial charge in [-0.15, -0.1) is 0 Å². The fraction of sp³-hybridized carbons (Fsp3) is 0.529. The Morgan fingerprint density at radius 1 is 1.04 bits per heavy atom. The van der Waals surface area contributed by atoms with Crippen LogP contribution >= 0.6 is 0 Å². The van der Waals surface area contributed by atoms with E-state index in [0.717, 1.165) is 13.0 Å². The quantitative estimate of drug-likeness (QED) is 0.339. The third-order valence-corrected chi connectivity index (χ3v) is 3.82. The maximum Gasteiger partial charge on any atom is 0.414 e. The molecule has 1 aliphatic rings. The number of ether oxygens (including phenoxy) is 1. The van der Waals surface area contributed by atoms with Gasteiger partial charge in [0, 0.05) is 18.7 Å². The largest absolute Gasteiger partial charge is 0.494 e. The monoisotopic (exact) mass is 368 g/mol. The molecule has 0 aromatic heterocycles. The van der Waals surface area contributed by atoms with E-state index in [0.29, 0.717) is 12.4 Å². The van der Waals surface area contributed by atoms with Crippen LogP contribution in [-0.2, 0) is 9.59 Å². The highest BCUT2D eigenvalue weighted by molar-refractivity contribution is 6.27. The molecule has 0 unspecified atom stereocenters. The van der Waals surface area contributed by atoms with E-state index >= 15 is 0 Å². The first-order chi connectivity index (χ1) is 12.4. The highest BCUT2D eigenvalue weighted by atomic mass is 16.6. The Morgan fingerprint density at radius 3 is 2.04 bits per heavy atom. The van der Waals surface area contributed by atoms with Crippen molar-refractivity contribution in [3.8, 4) is 5.75 Å². The highest BCUT2D eigenvalue weighted by Crippen LogP contribution is 2.17. The van der Waals surface area contributed by atoms with Crippen LogP contribution in [0.15, 0.2) is 24.3 Å². The first-order valence-electron chi connectivity index (χ1n) is 8.46. The minimum absolute atomic E-state index is 0.0990. The summed E-state index contributed by atoms with van der Waals surface area (Å²) in [5.74, 6) is -2.95. The molecule has 1 aliphatic heterocycles. The predicted molar refractivity (Wildman–Crippen MR) is 93.4 cm³/mol. The molecular weight excluding hydrogens is 344 g/mol. The van der Waals surface area contributed by atoms with Crippen molar-refractivity contribution < 1.29 is 29.5 Å². The summed E-state index contributed by atoms with van der Waals surface area (Å²) >= 11 is 0. The Balaban J connectivity index is 0.000000487. The van der Waals surface area contributed by atoms with Crippen LogP contribution < -0.4 is 4.74 Å². The molecule has 0 atom stereocenters. The van der Waals surface area contributed by atoms with Gasteiger partial charge in [-0.2, -0.15) is 0 Å². The SMILES string of the molecule is O=C(O)C(=O)O.O=[N+]([O-])c1ccc(OCCCN2CCCCCC2)cc1. The zero-order chi connectivity index (χ0) is 19.4. The molecule has 1 saturated heterocycles. The second-order valence-corrected chi connectivity index (χ2v) is 5.82. The number of likely N-dealkylation sites (tertiary alicyclic amines) is 1. The standard InChI is InChI=1S/C15H22N2O3.C2H2O4/c18-17(19)14-6-8-15(9-7-14)20-13-5-12-16-10-3-1-2-4-11-16;3-1(4)2(5)6/h6-9H,1-5,10-13H2;(H,3,4)(H,5,6). The van der Waals surface area contributed by atoms with Crippen LogP contribution in [0.4, 0.5) is 5.69 Å². The smallest absolute Gasteiger partial charge is 0.414 e. The number of carboxylic acids is 2. The van der Waals surface area contributed by atoms with Gasteiger partial charge in [0.05, 0.1) is 11.5 Å². The molecule has 1 fully saturated rings. The number of hydrogen-bond acceptors (Lipinski definition) is 6. The average molecular weight is 368 g/mol. The van der Waals surface area contributed by atoms with E-state index in [2.05, 4.69) is 4.90 Å². The lowest BCUT2D eigenvalue weighted by molar-refractivity contribution is -0.384. The summed E-state index contributed by atoms with van der Waals surface area (Å²) in [7, 11) is 0. The molecule has 2 rings (SSSR count). The van der Waals surface area contributed by atoms with Gasteiger partial charge in [0.1, 0.15) is 5.75 Å². The summed E-state index contributed by atoms with van der Waals surface area (Å²) in [5.41, 5.74) is 0.0990. The molecule has 0 aliphatic carbocycles. The third kappa shape index (κ3) is 8.97. The van der Waals surface area contributed by atoms with Gasteiger partial charge in [0.2, 0.25) is 0 Å². The van der Waals surface area contributed by atoms with Crippen molar-refractivity contribution in [2.75, 3.05) is 26.2 Å². The molecule has 0 spiro atoms. The third-order valence-electron chi connectivity index (χ3n) is 3.82. The highest BCUT2D eigenvalue weighted by Gasteiger charge is 2.08. The van der Waals surface area contributed by atoms with Gasteiger partial charge >= 0.3 is 11.9 Å². The number of non-ortho nitro benzene ring substituents is 1. The number of nitro groups is 1. The van der Waals surface area contributed by atoms with E-state index in [1.807, 2.05) is 0 Å². The van der Waals surface area contributed by atoms with Crippen molar-refractivity contribution in [1.29, 1.82) is 0 Å². The number of benzene rings is 1. The lowest BCUT2D eigenvalue weighted by Crippen LogP contribution is -2.26. The van der Waals surface area contributed by atoms with Crippen molar-refractivity contribution in [2.45, 2.75) is 32.1 Å². The second kappa shape index (κ2) is 11.8. The van der Waals surface area contributed by atoms with Gasteiger partial charge in [-0.25, -0.2) is 9.59 Å². The average Bonchev–Trinajstić information content (AvgIpc) is 2.88. The lowest BCUT2D eigenvalue weighted by Gasteiger charge is -2.19. The summed E-state index contributed by atoms with van der Waals surface area (Å²) in [4.78, 5) is 30.8. The number of aliphatic carboxylic acids is 2. The Hall–Kier alpha value is -2.68. The summed E-state index contributed by atoms with van der Waals surface area (Å²) in [6.45, 7) is 4.15. The molecule has 0 radical (unpaired) electrons. The number of carboxylic acid groups (broad SMARTS) is 2. The minimum atomic E-state index is -1.82. The van der Waals surface area contributed by atoms with Gasteiger partial charge in [-0.05, 0) is 44.5 Å². The number of nitrogens with zero attached hydrogens (tertiary/aromatic N) is 2. The minimum Gasteiger partial charge on any atom is -0.494 e. The number of rotatable bonds is 6. The number of carbonyl (C=O) groups is 2. The van der Waals surface area contributed by atoms with Crippen LogP contribution in [0, 0.1) is 10.1 Å². The van der Waals surface area contributed by atoms with Crippen molar-refractivity contribution in [3.05, 3.63) is 34.4 Å². The molecule has 0 amide bonds. The Bertz CT molecular complexity index is 569.